The summed E-state index contributed by atoms with van der Waals surface area (Å²) < 4.78 is 6.36. The lowest BCUT2D eigenvalue weighted by Gasteiger charge is -2.29. The smallest absolute Gasteiger partial charge is 0.163 e. The Balaban J connectivity index is 1.87. The van der Waals surface area contributed by atoms with Crippen LogP contribution in [0.25, 0.3) is 32.7 Å². The number of aryl methyl sites for hydroxylation is 3. The number of thiophene rings is 1. The average Bonchev–Trinajstić information content (AvgIpc) is 3.33. The van der Waals surface area contributed by atoms with Crippen LogP contribution in [0.15, 0.2) is 24.5 Å². The van der Waals surface area contributed by atoms with Crippen molar-refractivity contribution in [3.05, 3.63) is 46.2 Å². The molecule has 1 atom stereocenters. The first kappa shape index (κ1) is 21.3. The first-order chi connectivity index (χ1) is 15.2. The first-order valence-electron chi connectivity index (χ1n) is 11.3. The van der Waals surface area contributed by atoms with Crippen LogP contribution in [0.2, 0.25) is 0 Å². The number of carbonyl (C=O) groups is 1. The number of nitrogens with zero attached hydrogens (tertiary/aromatic N) is 2. The number of H-pyrrole nitrogens is 1. The van der Waals surface area contributed by atoms with Crippen molar-refractivity contribution < 1.29 is 9.53 Å². The maximum Gasteiger partial charge on any atom is 0.163 e. The second kappa shape index (κ2) is 7.78. The van der Waals surface area contributed by atoms with Crippen molar-refractivity contribution in [3.8, 4) is 22.5 Å². The van der Waals surface area contributed by atoms with Gasteiger partial charge in [-0.25, -0.2) is 9.97 Å². The van der Waals surface area contributed by atoms with Crippen molar-refractivity contribution >= 4 is 27.3 Å². The highest BCUT2D eigenvalue weighted by molar-refractivity contribution is 7.19. The largest absolute Gasteiger partial charge is 0.360 e. The Morgan fingerprint density at radius 2 is 2.00 bits per heavy atom. The van der Waals surface area contributed by atoms with Crippen LogP contribution in [-0.2, 0) is 22.4 Å². The van der Waals surface area contributed by atoms with Gasteiger partial charge in [-0.3, -0.25) is 4.79 Å². The fourth-order valence-electron chi connectivity index (χ4n) is 4.82. The van der Waals surface area contributed by atoms with Crippen LogP contribution in [0.1, 0.15) is 68.3 Å². The molecule has 2 aromatic heterocycles. The number of Topliss-reactive ketones (excluding diaryl/α,β-unsaturated/α-hetero) is 1. The van der Waals surface area contributed by atoms with Gasteiger partial charge < -0.3 is 9.72 Å². The van der Waals surface area contributed by atoms with E-state index in [1.165, 1.54) is 28.7 Å². The van der Waals surface area contributed by atoms with Crippen molar-refractivity contribution in [1.82, 2.24) is 15.0 Å². The lowest BCUT2D eigenvalue weighted by atomic mass is 9.87. The third kappa shape index (κ3) is 3.65. The summed E-state index contributed by atoms with van der Waals surface area (Å²) in [7, 11) is 0. The number of hydrogen-bond acceptors (Lipinski definition) is 5. The molecule has 6 heteroatoms. The van der Waals surface area contributed by atoms with Crippen LogP contribution in [0, 0.1) is 6.92 Å². The molecule has 32 heavy (non-hydrogen) atoms. The van der Waals surface area contributed by atoms with E-state index in [4.69, 9.17) is 9.72 Å². The Morgan fingerprint density at radius 1 is 1.22 bits per heavy atom. The zero-order chi connectivity index (χ0) is 22.6. The predicted octanol–water partition coefficient (Wildman–Crippen LogP) is 6.42. The minimum atomic E-state index is -0.672. The number of ketones is 1. The first-order valence-corrected chi connectivity index (χ1v) is 12.1. The number of fused-ring (bicyclic) bond motifs is 4. The Morgan fingerprint density at radius 3 is 2.75 bits per heavy atom. The fourth-order valence-corrected chi connectivity index (χ4v) is 6.13. The summed E-state index contributed by atoms with van der Waals surface area (Å²) in [5, 5.41) is 1.20. The molecule has 5 rings (SSSR count). The zero-order valence-electron chi connectivity index (χ0n) is 19.3. The molecule has 0 amide bonds. The minimum Gasteiger partial charge on any atom is -0.360 e. The van der Waals surface area contributed by atoms with Crippen molar-refractivity contribution in [3.63, 3.8) is 0 Å². The molecule has 1 aliphatic carbocycles. The third-order valence-corrected chi connectivity index (χ3v) is 7.31. The molecule has 4 heterocycles. The standard InChI is InChI=1S/C26H29N3O2S/c1-14-20(23(15(2)30)31-26(3,4)5)21(17-12-16-10-11-27-24(16)28-13-17)22-18-8-6-7-9-19(18)32-25(22)29-14/h10-13,23H,6-9H2,1-5H3,(H,27,28)/t23-/m1/s1. The highest BCUT2D eigenvalue weighted by Gasteiger charge is 2.32. The zero-order valence-corrected chi connectivity index (χ0v) is 20.2. The topological polar surface area (TPSA) is 67.9 Å². The molecule has 166 valence electrons. The van der Waals surface area contributed by atoms with Crippen LogP contribution >= 0.6 is 11.3 Å². The number of ether oxygens (including phenoxy) is 1. The molecule has 1 N–H and O–H groups in total. The molecule has 0 saturated heterocycles. The van der Waals surface area contributed by atoms with Gasteiger partial charge in [0.2, 0.25) is 0 Å². The predicted molar refractivity (Wildman–Crippen MR) is 129 cm³/mol. The summed E-state index contributed by atoms with van der Waals surface area (Å²) >= 11 is 1.81. The van der Waals surface area contributed by atoms with E-state index >= 15 is 0 Å². The van der Waals surface area contributed by atoms with Gasteiger partial charge in [-0.1, -0.05) is 0 Å². The van der Waals surface area contributed by atoms with Crippen molar-refractivity contribution in [2.45, 2.75) is 72.0 Å². The van der Waals surface area contributed by atoms with Crippen LogP contribution in [0.4, 0.5) is 0 Å². The number of rotatable bonds is 4. The summed E-state index contributed by atoms with van der Waals surface area (Å²) in [6.45, 7) is 9.60. The Labute approximate surface area is 192 Å². The Hall–Kier alpha value is -2.57. The maximum atomic E-state index is 12.9. The summed E-state index contributed by atoms with van der Waals surface area (Å²) in [5.41, 5.74) is 5.86. The number of nitrogens with one attached hydrogen (secondary N) is 1. The molecule has 2 aromatic rings. The van der Waals surface area contributed by atoms with Gasteiger partial charge in [0.25, 0.3) is 0 Å². The normalized spacial score (nSPS) is 15.3. The van der Waals surface area contributed by atoms with Gasteiger partial charge in [0.15, 0.2) is 5.78 Å². The van der Waals surface area contributed by atoms with Gasteiger partial charge in [0.1, 0.15) is 16.8 Å². The van der Waals surface area contributed by atoms with E-state index in [1.54, 1.807) is 6.92 Å². The fraction of sp³-hybridized carbons (Fsp3) is 0.423. The molecular formula is C26H29N3O2S. The highest BCUT2D eigenvalue weighted by atomic mass is 32.1. The van der Waals surface area contributed by atoms with E-state index in [9.17, 15) is 4.79 Å². The van der Waals surface area contributed by atoms with Gasteiger partial charge >= 0.3 is 0 Å². The highest BCUT2D eigenvalue weighted by Crippen LogP contribution is 2.46. The molecule has 0 fully saturated rings. The number of carbonyl (C=O) groups excluding carboxylic acids is 1. The summed E-state index contributed by atoms with van der Waals surface area (Å²) in [6, 6.07) is 4.18. The van der Waals surface area contributed by atoms with E-state index in [2.05, 4.69) is 16.0 Å². The van der Waals surface area contributed by atoms with Gasteiger partial charge in [0.05, 0.1) is 5.60 Å². The molecular weight excluding hydrogens is 418 g/mol. The quantitative estimate of drug-likeness (QED) is 0.392. The summed E-state index contributed by atoms with van der Waals surface area (Å²) in [4.78, 5) is 28.2. The summed E-state index contributed by atoms with van der Waals surface area (Å²) in [5.74, 6) is 0.855. The number of pyridine rings is 2. The van der Waals surface area contributed by atoms with Gasteiger partial charge in [-0.05, 0) is 83.6 Å². The second-order valence-corrected chi connectivity index (χ2v) is 10.8. The number of hydrogen-bond donors (Lipinski definition) is 1. The van der Waals surface area contributed by atoms with E-state index in [0.717, 1.165) is 51.4 Å². The molecule has 0 saturated carbocycles. The maximum absolute atomic E-state index is 12.9. The average molecular weight is 448 g/mol. The van der Waals surface area contributed by atoms with Crippen LogP contribution in [0.3, 0.4) is 0 Å². The van der Waals surface area contributed by atoms with Crippen LogP contribution in [-0.4, -0.2) is 26.3 Å². The van der Waals surface area contributed by atoms with Gasteiger partial charge in [-0.15, -0.1) is 11.3 Å². The van der Waals surface area contributed by atoms with E-state index in [-0.39, 0.29) is 5.78 Å². The Bertz CT molecular complexity index is 1290. The lowest BCUT2D eigenvalue weighted by Crippen LogP contribution is -2.27. The number of aromatic nitrogens is 3. The van der Waals surface area contributed by atoms with E-state index in [1.807, 2.05) is 57.5 Å². The molecule has 0 unspecified atom stereocenters. The number of aromatic amines is 1. The lowest BCUT2D eigenvalue weighted by molar-refractivity contribution is -0.138. The SMILES string of the molecule is CC(=O)[C@@H](OC(C)(C)C)c1c(C)nc2sc3c(c2c1-c1c[nH]c2nccc-2c1)CCCC3. The molecule has 2 aliphatic heterocycles. The minimum absolute atomic E-state index is 0.00504. The summed E-state index contributed by atoms with van der Waals surface area (Å²) in [6.07, 6.45) is 7.73. The molecule has 5 nitrogen and oxygen atoms in total. The van der Waals surface area contributed by atoms with Crippen molar-refractivity contribution in [2.75, 3.05) is 0 Å². The molecule has 0 spiro atoms. The molecule has 0 aromatic carbocycles. The molecule has 3 aliphatic rings. The van der Waals surface area contributed by atoms with Gasteiger partial charge in [-0.2, -0.15) is 0 Å². The van der Waals surface area contributed by atoms with E-state index < -0.39 is 11.7 Å². The molecule has 0 bridgehead atoms. The van der Waals surface area contributed by atoms with Crippen molar-refractivity contribution in [1.29, 1.82) is 0 Å². The van der Waals surface area contributed by atoms with Crippen LogP contribution < -0.4 is 0 Å². The monoisotopic (exact) mass is 447 g/mol. The van der Waals surface area contributed by atoms with Gasteiger partial charge in [0, 0.05) is 45.0 Å². The third-order valence-electron chi connectivity index (χ3n) is 6.13. The Kier molecular flexibility index (Phi) is 5.18. The van der Waals surface area contributed by atoms with E-state index in [0.29, 0.717) is 0 Å². The molecule has 0 radical (unpaired) electrons. The second-order valence-electron chi connectivity index (χ2n) is 9.73. The van der Waals surface area contributed by atoms with Crippen molar-refractivity contribution in [2.24, 2.45) is 0 Å². The van der Waals surface area contributed by atoms with Crippen LogP contribution in [0.5, 0.6) is 0 Å².